The third kappa shape index (κ3) is 4.07. The quantitative estimate of drug-likeness (QED) is 0.736. The highest BCUT2D eigenvalue weighted by Crippen LogP contribution is 2.48. The van der Waals surface area contributed by atoms with Gasteiger partial charge in [-0.2, -0.15) is 0 Å². The second-order valence-corrected chi connectivity index (χ2v) is 9.47. The van der Waals surface area contributed by atoms with Crippen molar-refractivity contribution in [3.05, 3.63) is 59.2 Å². The predicted octanol–water partition coefficient (Wildman–Crippen LogP) is 4.05. The molecule has 0 saturated heterocycles. The maximum atomic E-state index is 12.8. The van der Waals surface area contributed by atoms with Gasteiger partial charge < -0.3 is 5.32 Å². The molecule has 2 N–H and O–H groups in total. The Kier molecular flexibility index (Phi) is 5.53. The molecule has 0 heterocycles. The lowest BCUT2D eigenvalue weighted by Gasteiger charge is -2.19. The van der Waals surface area contributed by atoms with Crippen molar-refractivity contribution in [2.24, 2.45) is 0 Å². The van der Waals surface area contributed by atoms with Gasteiger partial charge in [0.1, 0.15) is 0 Å². The maximum absolute atomic E-state index is 12.8. The Hall–Kier alpha value is -2.34. The van der Waals surface area contributed by atoms with Gasteiger partial charge in [0.15, 0.2) is 0 Å². The molecule has 3 rings (SSSR count). The molecule has 0 aromatic heterocycles. The van der Waals surface area contributed by atoms with Crippen LogP contribution in [0.1, 0.15) is 49.8 Å². The Morgan fingerprint density at radius 3 is 2.32 bits per heavy atom. The molecule has 2 aromatic carbocycles. The van der Waals surface area contributed by atoms with Crippen molar-refractivity contribution in [2.75, 3.05) is 4.72 Å². The molecule has 1 aliphatic carbocycles. The number of benzene rings is 2. The summed E-state index contributed by atoms with van der Waals surface area (Å²) in [6.45, 7) is 7.69. The van der Waals surface area contributed by atoms with Crippen LogP contribution in [-0.2, 0) is 20.2 Å². The van der Waals surface area contributed by atoms with Crippen molar-refractivity contribution < 1.29 is 13.2 Å². The second-order valence-electron chi connectivity index (χ2n) is 7.82. The Labute approximate surface area is 167 Å². The predicted molar refractivity (Wildman–Crippen MR) is 112 cm³/mol. The highest BCUT2D eigenvalue weighted by Gasteiger charge is 2.51. The summed E-state index contributed by atoms with van der Waals surface area (Å²) in [4.78, 5) is 12.9. The van der Waals surface area contributed by atoms with Crippen LogP contribution < -0.4 is 10.0 Å². The summed E-state index contributed by atoms with van der Waals surface area (Å²) >= 11 is 0. The van der Waals surface area contributed by atoms with Gasteiger partial charge in [-0.15, -0.1) is 0 Å². The number of rotatable bonds is 7. The number of anilines is 1. The van der Waals surface area contributed by atoms with E-state index in [4.69, 9.17) is 0 Å². The highest BCUT2D eigenvalue weighted by molar-refractivity contribution is 7.92. The van der Waals surface area contributed by atoms with Crippen LogP contribution in [0.2, 0.25) is 0 Å². The van der Waals surface area contributed by atoms with Crippen LogP contribution in [0.3, 0.4) is 0 Å². The van der Waals surface area contributed by atoms with Crippen LogP contribution in [0, 0.1) is 13.8 Å². The molecule has 0 spiro atoms. The molecule has 0 bridgehead atoms. The minimum Gasteiger partial charge on any atom is -0.353 e. The first-order valence-electron chi connectivity index (χ1n) is 9.69. The minimum absolute atomic E-state index is 0.0607. The zero-order valence-corrected chi connectivity index (χ0v) is 17.7. The Morgan fingerprint density at radius 2 is 1.75 bits per heavy atom. The lowest BCUT2D eigenvalue weighted by Crippen LogP contribution is -2.39. The topological polar surface area (TPSA) is 75.3 Å². The average molecular weight is 401 g/mol. The summed E-state index contributed by atoms with van der Waals surface area (Å²) in [6.07, 6.45) is 2.53. The van der Waals surface area contributed by atoms with E-state index in [0.717, 1.165) is 30.4 Å². The Morgan fingerprint density at radius 1 is 1.11 bits per heavy atom. The van der Waals surface area contributed by atoms with E-state index in [-0.39, 0.29) is 16.8 Å². The summed E-state index contributed by atoms with van der Waals surface area (Å²) in [5.41, 5.74) is 2.55. The van der Waals surface area contributed by atoms with Crippen molar-refractivity contribution >= 4 is 21.6 Å². The SMILES string of the molecule is CC[C@H](C)NC(=O)C1(c2ccc(NS(=O)(=O)c3cc(C)ccc3C)cc2)CC1. The Balaban J connectivity index is 1.78. The third-order valence-corrected chi connectivity index (χ3v) is 7.02. The largest absolute Gasteiger partial charge is 0.353 e. The molecule has 1 aliphatic rings. The van der Waals surface area contributed by atoms with Gasteiger partial charge in [0.25, 0.3) is 10.0 Å². The van der Waals surface area contributed by atoms with E-state index in [2.05, 4.69) is 10.0 Å². The molecule has 28 heavy (non-hydrogen) atoms. The molecule has 1 fully saturated rings. The van der Waals surface area contributed by atoms with Crippen LogP contribution in [0.25, 0.3) is 0 Å². The van der Waals surface area contributed by atoms with E-state index in [9.17, 15) is 13.2 Å². The lowest BCUT2D eigenvalue weighted by atomic mass is 9.94. The van der Waals surface area contributed by atoms with Crippen molar-refractivity contribution in [3.63, 3.8) is 0 Å². The number of sulfonamides is 1. The first-order valence-corrected chi connectivity index (χ1v) is 11.2. The molecule has 1 atom stereocenters. The van der Waals surface area contributed by atoms with Crippen molar-refractivity contribution in [3.8, 4) is 0 Å². The molecular weight excluding hydrogens is 372 g/mol. The van der Waals surface area contributed by atoms with Gasteiger partial charge in [-0.05, 0) is 74.9 Å². The normalized spacial score (nSPS) is 16.3. The number of carbonyl (C=O) groups excluding carboxylic acids is 1. The minimum atomic E-state index is -3.66. The zero-order chi connectivity index (χ0) is 20.5. The fraction of sp³-hybridized carbons (Fsp3) is 0.409. The first-order chi connectivity index (χ1) is 13.2. The monoisotopic (exact) mass is 400 g/mol. The first kappa shape index (κ1) is 20.4. The summed E-state index contributed by atoms with van der Waals surface area (Å²) in [5.74, 6) is 0.0607. The molecule has 1 amide bonds. The second kappa shape index (κ2) is 7.59. The highest BCUT2D eigenvalue weighted by atomic mass is 32.2. The number of hydrogen-bond acceptors (Lipinski definition) is 3. The average Bonchev–Trinajstić information content (AvgIpc) is 3.46. The van der Waals surface area contributed by atoms with Gasteiger partial charge in [-0.3, -0.25) is 9.52 Å². The number of amides is 1. The van der Waals surface area contributed by atoms with Gasteiger partial charge in [-0.1, -0.05) is 31.2 Å². The van der Waals surface area contributed by atoms with Crippen LogP contribution in [0.15, 0.2) is 47.4 Å². The van der Waals surface area contributed by atoms with Crippen molar-refractivity contribution in [2.45, 2.75) is 63.3 Å². The molecule has 0 aliphatic heterocycles. The fourth-order valence-corrected chi connectivity index (χ4v) is 4.69. The van der Waals surface area contributed by atoms with E-state index in [1.807, 2.05) is 39.0 Å². The molecule has 6 heteroatoms. The Bertz CT molecular complexity index is 977. The smallest absolute Gasteiger partial charge is 0.262 e. The molecule has 1 saturated carbocycles. The molecule has 150 valence electrons. The van der Waals surface area contributed by atoms with E-state index in [1.165, 1.54) is 0 Å². The molecule has 0 radical (unpaired) electrons. The standard InChI is InChI=1S/C22H28N2O3S/c1-5-17(4)23-21(25)22(12-13-22)18-8-10-19(11-9-18)24-28(26,27)20-14-15(2)6-7-16(20)3/h6-11,14,17,24H,5,12-13H2,1-4H3,(H,23,25)/t17-/m0/s1. The number of carbonyl (C=O) groups is 1. The van der Waals surface area contributed by atoms with Gasteiger partial charge >= 0.3 is 0 Å². The summed E-state index contributed by atoms with van der Waals surface area (Å²) in [5, 5.41) is 3.07. The number of nitrogens with one attached hydrogen (secondary N) is 2. The van der Waals surface area contributed by atoms with E-state index >= 15 is 0 Å². The maximum Gasteiger partial charge on any atom is 0.262 e. The molecule has 5 nitrogen and oxygen atoms in total. The van der Waals surface area contributed by atoms with Crippen molar-refractivity contribution in [1.82, 2.24) is 5.32 Å². The van der Waals surface area contributed by atoms with Gasteiger partial charge in [0.2, 0.25) is 5.91 Å². The van der Waals surface area contributed by atoms with Crippen LogP contribution in [0.4, 0.5) is 5.69 Å². The van der Waals surface area contributed by atoms with E-state index < -0.39 is 15.4 Å². The lowest BCUT2D eigenvalue weighted by molar-refractivity contribution is -0.124. The zero-order valence-electron chi connectivity index (χ0n) is 16.9. The third-order valence-electron chi connectivity index (χ3n) is 5.50. The fourth-order valence-electron chi connectivity index (χ4n) is 3.30. The van der Waals surface area contributed by atoms with Crippen LogP contribution in [0.5, 0.6) is 0 Å². The van der Waals surface area contributed by atoms with Gasteiger partial charge in [0.05, 0.1) is 10.3 Å². The van der Waals surface area contributed by atoms with Crippen molar-refractivity contribution in [1.29, 1.82) is 0 Å². The summed E-state index contributed by atoms with van der Waals surface area (Å²) in [7, 11) is -3.66. The molecular formula is C22H28N2O3S. The van der Waals surface area contributed by atoms with E-state index in [0.29, 0.717) is 11.3 Å². The van der Waals surface area contributed by atoms with Gasteiger partial charge in [-0.25, -0.2) is 8.42 Å². The summed E-state index contributed by atoms with van der Waals surface area (Å²) in [6, 6.07) is 12.7. The molecule has 0 unspecified atom stereocenters. The molecule has 2 aromatic rings. The number of aryl methyl sites for hydroxylation is 2. The summed E-state index contributed by atoms with van der Waals surface area (Å²) < 4.78 is 28.2. The van der Waals surface area contributed by atoms with Gasteiger partial charge in [0, 0.05) is 11.7 Å². The number of hydrogen-bond donors (Lipinski definition) is 2. The van der Waals surface area contributed by atoms with Crippen LogP contribution >= 0.6 is 0 Å². The van der Waals surface area contributed by atoms with Crippen LogP contribution in [-0.4, -0.2) is 20.4 Å². The van der Waals surface area contributed by atoms with E-state index in [1.54, 1.807) is 31.2 Å².